The lowest BCUT2D eigenvalue weighted by Gasteiger charge is -2.16. The lowest BCUT2D eigenvalue weighted by Crippen LogP contribution is -2.43. The molecule has 1 atom stereocenters. The second kappa shape index (κ2) is 6.45. The summed E-state index contributed by atoms with van der Waals surface area (Å²) in [5, 5.41) is 6.96. The molecule has 1 fully saturated rings. The van der Waals surface area contributed by atoms with Crippen LogP contribution in [0.5, 0.6) is 0 Å². The molecule has 20 heavy (non-hydrogen) atoms. The zero-order valence-corrected chi connectivity index (χ0v) is 12.8. The van der Waals surface area contributed by atoms with E-state index in [2.05, 4.69) is 15.6 Å². The number of hydrogen-bond acceptors (Lipinski definition) is 3. The highest BCUT2D eigenvalue weighted by molar-refractivity contribution is 7.91. The SMILES string of the molecule is CN=C(NCc1ccccc1Cl)NC1CCS(=O)(=O)C1. The third-order valence-electron chi connectivity index (χ3n) is 3.20. The van der Waals surface area contributed by atoms with Crippen LogP contribution in [0.4, 0.5) is 0 Å². The van der Waals surface area contributed by atoms with Gasteiger partial charge in [-0.2, -0.15) is 0 Å². The summed E-state index contributed by atoms with van der Waals surface area (Å²) in [7, 11) is -1.23. The molecule has 1 heterocycles. The lowest BCUT2D eigenvalue weighted by molar-refractivity contribution is 0.599. The molecule has 5 nitrogen and oxygen atoms in total. The van der Waals surface area contributed by atoms with Crippen molar-refractivity contribution >= 4 is 27.4 Å². The van der Waals surface area contributed by atoms with Gasteiger partial charge in [-0.3, -0.25) is 4.99 Å². The highest BCUT2D eigenvalue weighted by atomic mass is 35.5. The molecule has 7 heteroatoms. The van der Waals surface area contributed by atoms with Crippen LogP contribution in [0, 0.1) is 0 Å². The maximum atomic E-state index is 11.4. The van der Waals surface area contributed by atoms with E-state index in [1.54, 1.807) is 7.05 Å². The zero-order chi connectivity index (χ0) is 14.6. The number of benzene rings is 1. The second-order valence-electron chi connectivity index (χ2n) is 4.76. The molecule has 1 aromatic carbocycles. The van der Waals surface area contributed by atoms with Gasteiger partial charge in [-0.25, -0.2) is 8.42 Å². The van der Waals surface area contributed by atoms with E-state index in [-0.39, 0.29) is 17.5 Å². The quantitative estimate of drug-likeness (QED) is 0.649. The van der Waals surface area contributed by atoms with Gasteiger partial charge in [0, 0.05) is 24.7 Å². The summed E-state index contributed by atoms with van der Waals surface area (Å²) >= 11 is 6.08. The molecular formula is C13H18ClN3O2S. The molecule has 0 aliphatic carbocycles. The van der Waals surface area contributed by atoms with Crippen LogP contribution in [0.2, 0.25) is 5.02 Å². The largest absolute Gasteiger partial charge is 0.353 e. The van der Waals surface area contributed by atoms with Crippen molar-refractivity contribution in [2.75, 3.05) is 18.6 Å². The molecule has 1 aromatic rings. The van der Waals surface area contributed by atoms with Gasteiger partial charge in [0.25, 0.3) is 0 Å². The summed E-state index contributed by atoms with van der Waals surface area (Å²) in [6.07, 6.45) is 0.620. The van der Waals surface area contributed by atoms with Crippen molar-refractivity contribution in [1.82, 2.24) is 10.6 Å². The first-order valence-corrected chi connectivity index (χ1v) is 8.61. The Morgan fingerprint density at radius 3 is 2.80 bits per heavy atom. The molecule has 0 saturated carbocycles. The minimum absolute atomic E-state index is 0.0718. The molecule has 1 aliphatic rings. The van der Waals surface area contributed by atoms with Crippen LogP contribution in [0.1, 0.15) is 12.0 Å². The summed E-state index contributed by atoms with van der Waals surface area (Å²) in [5.74, 6) is 0.999. The van der Waals surface area contributed by atoms with E-state index in [4.69, 9.17) is 11.6 Å². The van der Waals surface area contributed by atoms with E-state index in [1.807, 2.05) is 24.3 Å². The maximum Gasteiger partial charge on any atom is 0.191 e. The van der Waals surface area contributed by atoms with Crippen LogP contribution in [-0.4, -0.2) is 39.0 Å². The van der Waals surface area contributed by atoms with Crippen LogP contribution in [0.15, 0.2) is 29.3 Å². The van der Waals surface area contributed by atoms with Gasteiger partial charge in [0.15, 0.2) is 15.8 Å². The van der Waals surface area contributed by atoms with E-state index in [1.165, 1.54) is 0 Å². The third kappa shape index (κ3) is 4.11. The molecule has 0 spiro atoms. The van der Waals surface area contributed by atoms with Crippen LogP contribution in [0.25, 0.3) is 0 Å². The first-order chi connectivity index (χ1) is 9.50. The fourth-order valence-electron chi connectivity index (χ4n) is 2.12. The fraction of sp³-hybridized carbons (Fsp3) is 0.462. The molecular weight excluding hydrogens is 298 g/mol. The van der Waals surface area contributed by atoms with Gasteiger partial charge in [-0.05, 0) is 18.1 Å². The monoisotopic (exact) mass is 315 g/mol. The van der Waals surface area contributed by atoms with E-state index in [9.17, 15) is 8.42 Å². The molecule has 1 saturated heterocycles. The van der Waals surface area contributed by atoms with E-state index in [0.29, 0.717) is 23.9 Å². The number of sulfone groups is 1. The van der Waals surface area contributed by atoms with Crippen LogP contribution in [0.3, 0.4) is 0 Å². The number of aliphatic imine (C=N–C) groups is 1. The van der Waals surface area contributed by atoms with Crippen molar-refractivity contribution < 1.29 is 8.42 Å². The predicted octanol–water partition coefficient (Wildman–Crippen LogP) is 1.19. The van der Waals surface area contributed by atoms with Gasteiger partial charge < -0.3 is 10.6 Å². The third-order valence-corrected chi connectivity index (χ3v) is 5.34. The van der Waals surface area contributed by atoms with Crippen LogP contribution < -0.4 is 10.6 Å². The molecule has 0 bridgehead atoms. The summed E-state index contributed by atoms with van der Waals surface area (Å²) < 4.78 is 22.8. The van der Waals surface area contributed by atoms with Gasteiger partial charge in [-0.1, -0.05) is 29.8 Å². The Morgan fingerprint density at radius 2 is 2.20 bits per heavy atom. The smallest absolute Gasteiger partial charge is 0.191 e. The van der Waals surface area contributed by atoms with Gasteiger partial charge in [0.05, 0.1) is 11.5 Å². The molecule has 2 N–H and O–H groups in total. The first-order valence-electron chi connectivity index (χ1n) is 6.41. The predicted molar refractivity (Wildman–Crippen MR) is 81.8 cm³/mol. The number of rotatable bonds is 3. The molecule has 2 rings (SSSR count). The summed E-state index contributed by atoms with van der Waals surface area (Å²) in [4.78, 5) is 4.10. The van der Waals surface area contributed by atoms with Crippen molar-refractivity contribution in [3.05, 3.63) is 34.9 Å². The minimum Gasteiger partial charge on any atom is -0.353 e. The molecule has 0 aromatic heterocycles. The number of nitrogens with zero attached hydrogens (tertiary/aromatic N) is 1. The van der Waals surface area contributed by atoms with E-state index >= 15 is 0 Å². The highest BCUT2D eigenvalue weighted by Gasteiger charge is 2.28. The maximum absolute atomic E-state index is 11.4. The van der Waals surface area contributed by atoms with Crippen LogP contribution in [-0.2, 0) is 16.4 Å². The van der Waals surface area contributed by atoms with Gasteiger partial charge in [-0.15, -0.1) is 0 Å². The number of halogens is 1. The van der Waals surface area contributed by atoms with Crippen molar-refractivity contribution in [3.63, 3.8) is 0 Å². The average Bonchev–Trinajstić information content (AvgIpc) is 2.75. The van der Waals surface area contributed by atoms with E-state index in [0.717, 1.165) is 5.56 Å². The Hall–Kier alpha value is -1.27. The van der Waals surface area contributed by atoms with Crippen molar-refractivity contribution in [1.29, 1.82) is 0 Å². The van der Waals surface area contributed by atoms with Gasteiger partial charge in [0.1, 0.15) is 0 Å². The normalized spacial score (nSPS) is 21.7. The standard InChI is InChI=1S/C13H18ClN3O2S/c1-15-13(17-11-6-7-20(18,19)9-11)16-8-10-4-2-3-5-12(10)14/h2-5,11H,6-9H2,1H3,(H2,15,16,17). The van der Waals surface area contributed by atoms with E-state index < -0.39 is 9.84 Å². The number of guanidine groups is 1. The Morgan fingerprint density at radius 1 is 1.45 bits per heavy atom. The summed E-state index contributed by atoms with van der Waals surface area (Å²) in [6.45, 7) is 0.540. The van der Waals surface area contributed by atoms with Crippen molar-refractivity contribution in [3.8, 4) is 0 Å². The lowest BCUT2D eigenvalue weighted by atomic mass is 10.2. The average molecular weight is 316 g/mol. The molecule has 0 amide bonds. The Kier molecular flexibility index (Phi) is 4.88. The minimum atomic E-state index is -2.89. The summed E-state index contributed by atoms with van der Waals surface area (Å²) in [5.41, 5.74) is 0.969. The Labute approximate surface area is 124 Å². The van der Waals surface area contributed by atoms with Crippen molar-refractivity contribution in [2.45, 2.75) is 19.0 Å². The van der Waals surface area contributed by atoms with Crippen molar-refractivity contribution in [2.24, 2.45) is 4.99 Å². The Balaban J connectivity index is 1.89. The highest BCUT2D eigenvalue weighted by Crippen LogP contribution is 2.14. The topological polar surface area (TPSA) is 70.6 Å². The second-order valence-corrected chi connectivity index (χ2v) is 7.40. The summed E-state index contributed by atoms with van der Waals surface area (Å²) in [6, 6.07) is 7.49. The fourth-order valence-corrected chi connectivity index (χ4v) is 3.99. The Bertz CT molecular complexity index is 601. The zero-order valence-electron chi connectivity index (χ0n) is 11.3. The first kappa shape index (κ1) is 15.1. The number of nitrogens with one attached hydrogen (secondary N) is 2. The van der Waals surface area contributed by atoms with Crippen LogP contribution >= 0.6 is 11.6 Å². The van der Waals surface area contributed by atoms with Gasteiger partial charge in [0.2, 0.25) is 0 Å². The molecule has 1 aliphatic heterocycles. The van der Waals surface area contributed by atoms with Gasteiger partial charge >= 0.3 is 0 Å². The number of hydrogen-bond donors (Lipinski definition) is 2. The molecule has 0 radical (unpaired) electrons. The molecule has 1 unspecified atom stereocenters. The molecule has 110 valence electrons.